The number of likely N-dealkylation sites (tertiary alicyclic amines) is 1. The second kappa shape index (κ2) is 5.69. The molecular formula is C14H18N4O3. The Labute approximate surface area is 122 Å². The third kappa shape index (κ3) is 2.97. The van der Waals surface area contributed by atoms with Gasteiger partial charge in [0.15, 0.2) is 11.1 Å². The number of anilines is 1. The number of oxazole rings is 1. The van der Waals surface area contributed by atoms with Crippen molar-refractivity contribution in [1.29, 1.82) is 0 Å². The van der Waals surface area contributed by atoms with Crippen LogP contribution in [0.4, 0.5) is 11.7 Å². The quantitative estimate of drug-likeness (QED) is 0.673. The van der Waals surface area contributed by atoms with E-state index in [1.807, 2.05) is 0 Å². The molecule has 7 heteroatoms. The van der Waals surface area contributed by atoms with Gasteiger partial charge in [-0.05, 0) is 38.9 Å². The number of non-ortho nitro benzene ring substituents is 1. The zero-order valence-electron chi connectivity index (χ0n) is 11.9. The Hall–Kier alpha value is -2.15. The second-order valence-corrected chi connectivity index (χ2v) is 5.45. The van der Waals surface area contributed by atoms with Gasteiger partial charge in [0.2, 0.25) is 0 Å². The molecule has 0 saturated carbocycles. The lowest BCUT2D eigenvalue weighted by molar-refractivity contribution is -0.383. The summed E-state index contributed by atoms with van der Waals surface area (Å²) in [5.74, 6) is 0. The van der Waals surface area contributed by atoms with Crippen molar-refractivity contribution in [1.82, 2.24) is 9.88 Å². The number of nitro benzene ring substituents is 1. The van der Waals surface area contributed by atoms with E-state index < -0.39 is 4.92 Å². The summed E-state index contributed by atoms with van der Waals surface area (Å²) in [6.45, 7) is 5.23. The monoisotopic (exact) mass is 290 g/mol. The molecule has 0 radical (unpaired) electrons. The van der Waals surface area contributed by atoms with Crippen molar-refractivity contribution in [3.63, 3.8) is 0 Å². The Morgan fingerprint density at radius 1 is 1.48 bits per heavy atom. The first-order valence-electron chi connectivity index (χ1n) is 7.16. The third-order valence-electron chi connectivity index (χ3n) is 3.70. The Balaban J connectivity index is 1.74. The van der Waals surface area contributed by atoms with Crippen molar-refractivity contribution in [3.8, 4) is 0 Å². The lowest BCUT2D eigenvalue weighted by atomic mass is 10.3. The predicted molar refractivity (Wildman–Crippen MR) is 79.4 cm³/mol. The molecule has 0 spiro atoms. The van der Waals surface area contributed by atoms with Crippen LogP contribution in [-0.4, -0.2) is 40.5 Å². The number of para-hydroxylation sites is 1. The minimum Gasteiger partial charge on any atom is -0.423 e. The third-order valence-corrected chi connectivity index (χ3v) is 3.70. The summed E-state index contributed by atoms with van der Waals surface area (Å²) >= 11 is 0. The maximum absolute atomic E-state index is 11.0. The first kappa shape index (κ1) is 13.8. The molecule has 0 bridgehead atoms. The first-order chi connectivity index (χ1) is 10.1. The maximum Gasteiger partial charge on any atom is 0.298 e. The van der Waals surface area contributed by atoms with Crippen LogP contribution in [-0.2, 0) is 0 Å². The first-order valence-corrected chi connectivity index (χ1v) is 7.16. The van der Waals surface area contributed by atoms with E-state index in [2.05, 4.69) is 22.1 Å². The van der Waals surface area contributed by atoms with Gasteiger partial charge in [-0.2, -0.15) is 4.98 Å². The molecule has 1 aromatic carbocycles. The lowest BCUT2D eigenvalue weighted by Gasteiger charge is -2.20. The SMILES string of the molecule is CC(CN1CCCC1)Nc1nc2c([N+](=O)[O-])cccc2o1. The molecule has 0 aliphatic carbocycles. The molecule has 1 atom stereocenters. The van der Waals surface area contributed by atoms with Crippen molar-refractivity contribution >= 4 is 22.8 Å². The summed E-state index contributed by atoms with van der Waals surface area (Å²) in [6.07, 6.45) is 2.50. The van der Waals surface area contributed by atoms with Crippen LogP contribution in [0.3, 0.4) is 0 Å². The molecular weight excluding hydrogens is 272 g/mol. The van der Waals surface area contributed by atoms with Crippen molar-refractivity contribution in [2.75, 3.05) is 25.0 Å². The van der Waals surface area contributed by atoms with E-state index >= 15 is 0 Å². The Morgan fingerprint density at radius 3 is 2.95 bits per heavy atom. The van der Waals surface area contributed by atoms with Gasteiger partial charge >= 0.3 is 0 Å². The molecule has 1 N–H and O–H groups in total. The summed E-state index contributed by atoms with van der Waals surface area (Å²) in [5.41, 5.74) is 0.690. The van der Waals surface area contributed by atoms with E-state index in [1.54, 1.807) is 12.1 Å². The van der Waals surface area contributed by atoms with Crippen LogP contribution >= 0.6 is 0 Å². The molecule has 2 aromatic rings. The molecule has 1 saturated heterocycles. The zero-order chi connectivity index (χ0) is 14.8. The molecule has 1 aliphatic heterocycles. The fourth-order valence-electron chi connectivity index (χ4n) is 2.75. The molecule has 1 aliphatic rings. The molecule has 1 fully saturated rings. The summed E-state index contributed by atoms with van der Waals surface area (Å²) < 4.78 is 5.55. The number of hydrogen-bond donors (Lipinski definition) is 1. The van der Waals surface area contributed by atoms with Crippen molar-refractivity contribution in [3.05, 3.63) is 28.3 Å². The lowest BCUT2D eigenvalue weighted by Crippen LogP contribution is -2.33. The predicted octanol–water partition coefficient (Wildman–Crippen LogP) is 2.63. The molecule has 0 amide bonds. The summed E-state index contributed by atoms with van der Waals surface area (Å²) in [6, 6.07) is 5.23. The topological polar surface area (TPSA) is 84.4 Å². The van der Waals surface area contributed by atoms with Gasteiger partial charge in [-0.3, -0.25) is 10.1 Å². The number of nitrogens with one attached hydrogen (secondary N) is 1. The van der Waals surface area contributed by atoms with Crippen LogP contribution in [0.1, 0.15) is 19.8 Å². The standard InChI is InChI=1S/C14H18N4O3/c1-10(9-17-7-2-3-8-17)15-14-16-13-11(18(19)20)5-4-6-12(13)21-14/h4-6,10H,2-3,7-9H2,1H3,(H,15,16). The normalized spacial score (nSPS) is 17.2. The Bertz CT molecular complexity index is 649. The van der Waals surface area contributed by atoms with E-state index in [0.717, 1.165) is 19.6 Å². The maximum atomic E-state index is 11.0. The molecule has 21 heavy (non-hydrogen) atoms. The molecule has 7 nitrogen and oxygen atoms in total. The highest BCUT2D eigenvalue weighted by atomic mass is 16.6. The van der Waals surface area contributed by atoms with Gasteiger partial charge < -0.3 is 14.6 Å². The minimum atomic E-state index is -0.442. The summed E-state index contributed by atoms with van der Waals surface area (Å²) in [5, 5.41) is 14.2. The van der Waals surface area contributed by atoms with Crippen LogP contribution in [0, 0.1) is 10.1 Å². The number of benzene rings is 1. The summed E-state index contributed by atoms with van der Waals surface area (Å²) in [7, 11) is 0. The number of nitro groups is 1. The average molecular weight is 290 g/mol. The molecule has 3 rings (SSSR count). The van der Waals surface area contributed by atoms with Crippen molar-refractivity contribution in [2.45, 2.75) is 25.8 Å². The van der Waals surface area contributed by atoms with Crippen molar-refractivity contribution < 1.29 is 9.34 Å². The smallest absolute Gasteiger partial charge is 0.298 e. The van der Waals surface area contributed by atoms with Gasteiger partial charge in [0.25, 0.3) is 11.7 Å². The van der Waals surface area contributed by atoms with Gasteiger partial charge in [0.05, 0.1) is 4.92 Å². The number of hydrogen-bond acceptors (Lipinski definition) is 6. The van der Waals surface area contributed by atoms with Crippen molar-refractivity contribution in [2.24, 2.45) is 0 Å². The fraction of sp³-hybridized carbons (Fsp3) is 0.500. The van der Waals surface area contributed by atoms with Crippen LogP contribution in [0.15, 0.2) is 22.6 Å². The Kier molecular flexibility index (Phi) is 3.74. The largest absolute Gasteiger partial charge is 0.423 e. The van der Waals surface area contributed by atoms with Gasteiger partial charge in [0.1, 0.15) is 0 Å². The van der Waals surface area contributed by atoms with Crippen LogP contribution in [0.25, 0.3) is 11.1 Å². The van der Waals surface area contributed by atoms with Gasteiger partial charge in [0, 0.05) is 18.7 Å². The highest BCUT2D eigenvalue weighted by Crippen LogP contribution is 2.27. The van der Waals surface area contributed by atoms with Gasteiger partial charge in [-0.25, -0.2) is 0 Å². The minimum absolute atomic E-state index is 0.0310. The van der Waals surface area contributed by atoms with Gasteiger partial charge in [-0.15, -0.1) is 0 Å². The van der Waals surface area contributed by atoms with Crippen LogP contribution in [0.5, 0.6) is 0 Å². The van der Waals surface area contributed by atoms with Crippen LogP contribution in [0.2, 0.25) is 0 Å². The highest BCUT2D eigenvalue weighted by Gasteiger charge is 2.19. The molecule has 2 heterocycles. The average Bonchev–Trinajstić information content (AvgIpc) is 3.06. The van der Waals surface area contributed by atoms with Crippen LogP contribution < -0.4 is 5.32 Å². The van der Waals surface area contributed by atoms with E-state index in [0.29, 0.717) is 17.1 Å². The van der Waals surface area contributed by atoms with E-state index in [-0.39, 0.29) is 11.7 Å². The number of nitrogens with zero attached hydrogens (tertiary/aromatic N) is 3. The number of rotatable bonds is 5. The van der Waals surface area contributed by atoms with E-state index in [9.17, 15) is 10.1 Å². The highest BCUT2D eigenvalue weighted by molar-refractivity contribution is 5.84. The second-order valence-electron chi connectivity index (χ2n) is 5.45. The Morgan fingerprint density at radius 2 is 2.24 bits per heavy atom. The molecule has 1 unspecified atom stereocenters. The number of fused-ring (bicyclic) bond motifs is 1. The summed E-state index contributed by atoms with van der Waals surface area (Å²) in [4.78, 5) is 17.1. The van der Waals surface area contributed by atoms with E-state index in [1.165, 1.54) is 18.9 Å². The fourth-order valence-corrected chi connectivity index (χ4v) is 2.75. The number of aromatic nitrogens is 1. The molecule has 112 valence electrons. The van der Waals surface area contributed by atoms with E-state index in [4.69, 9.17) is 4.42 Å². The molecule has 1 aromatic heterocycles. The van der Waals surface area contributed by atoms with Gasteiger partial charge in [-0.1, -0.05) is 6.07 Å². The zero-order valence-corrected chi connectivity index (χ0v) is 11.9.